The van der Waals surface area contributed by atoms with Crippen LogP contribution >= 0.6 is 0 Å². The fraction of sp³-hybridized carbons (Fsp3) is 0.917. The van der Waals surface area contributed by atoms with Gasteiger partial charge in [-0.15, -0.1) is 0 Å². The summed E-state index contributed by atoms with van der Waals surface area (Å²) < 4.78 is 0. The van der Waals surface area contributed by atoms with Crippen molar-refractivity contribution in [2.75, 3.05) is 13.1 Å². The van der Waals surface area contributed by atoms with E-state index in [0.29, 0.717) is 13.0 Å². The number of carboxylic acid groups (broad SMARTS) is 1. The number of hydrogen-bond acceptors (Lipinski definition) is 3. The van der Waals surface area contributed by atoms with Gasteiger partial charge in [0.2, 0.25) is 0 Å². The molecule has 0 heterocycles. The SMILES string of the molecule is C.CCCCCNC(CCCCN)C(=O)O.[NaH]. The minimum atomic E-state index is -0.747. The van der Waals surface area contributed by atoms with Gasteiger partial charge in [-0.3, -0.25) is 4.79 Å². The molecule has 0 bridgehead atoms. The number of unbranched alkanes of at least 4 members (excludes halogenated alkanes) is 3. The van der Waals surface area contributed by atoms with Crippen molar-refractivity contribution in [3.8, 4) is 0 Å². The Hall–Kier alpha value is 0.390. The molecule has 0 saturated heterocycles. The first-order valence-corrected chi connectivity index (χ1v) is 5.88. The van der Waals surface area contributed by atoms with Crippen molar-refractivity contribution in [3.05, 3.63) is 0 Å². The van der Waals surface area contributed by atoms with E-state index in [1.165, 1.54) is 0 Å². The first-order valence-electron chi connectivity index (χ1n) is 5.88. The molecule has 0 aliphatic rings. The molecule has 0 radical (unpaired) electrons. The maximum absolute atomic E-state index is 10.9. The molecule has 100 valence electrons. The van der Waals surface area contributed by atoms with E-state index in [1.54, 1.807) is 0 Å². The molecule has 0 aliphatic heterocycles. The van der Waals surface area contributed by atoms with Crippen molar-refractivity contribution < 1.29 is 9.90 Å². The van der Waals surface area contributed by atoms with Gasteiger partial charge in [-0.1, -0.05) is 33.6 Å². The molecule has 0 fully saturated rings. The molecule has 0 aromatic rings. The molecule has 0 aromatic heterocycles. The number of rotatable bonds is 10. The predicted octanol–water partition coefficient (Wildman–Crippen LogP) is 1.34. The van der Waals surface area contributed by atoms with Crippen molar-refractivity contribution in [1.82, 2.24) is 5.32 Å². The van der Waals surface area contributed by atoms with Crippen LogP contribution in [0.15, 0.2) is 0 Å². The van der Waals surface area contributed by atoms with Crippen molar-refractivity contribution in [2.24, 2.45) is 5.73 Å². The Balaban J connectivity index is -0.000000980. The van der Waals surface area contributed by atoms with Gasteiger partial charge in [0.15, 0.2) is 0 Å². The Labute approximate surface area is 128 Å². The van der Waals surface area contributed by atoms with E-state index in [2.05, 4.69) is 12.2 Å². The van der Waals surface area contributed by atoms with Crippen molar-refractivity contribution in [1.29, 1.82) is 0 Å². The Morgan fingerprint density at radius 2 is 1.94 bits per heavy atom. The molecular formula is C12H29N2NaO2. The van der Waals surface area contributed by atoms with Gasteiger partial charge in [0.25, 0.3) is 0 Å². The molecule has 0 spiro atoms. The van der Waals surface area contributed by atoms with Gasteiger partial charge in [0.05, 0.1) is 0 Å². The molecule has 1 atom stereocenters. The Bertz CT molecular complexity index is 169. The molecule has 17 heavy (non-hydrogen) atoms. The standard InChI is InChI=1S/C11H24N2O2.CH4.Na.H/c1-2-3-6-9-13-10(11(14)15)7-4-5-8-12;;;/h10,13H,2-9,12H2,1H3,(H,14,15);1H4;;. The summed E-state index contributed by atoms with van der Waals surface area (Å²) in [4.78, 5) is 10.9. The summed E-state index contributed by atoms with van der Waals surface area (Å²) in [6, 6.07) is -0.395. The van der Waals surface area contributed by atoms with E-state index in [1.807, 2.05) is 0 Å². The Kier molecular flexibility index (Phi) is 21.8. The summed E-state index contributed by atoms with van der Waals surface area (Å²) in [5.41, 5.74) is 5.36. The van der Waals surface area contributed by atoms with E-state index in [0.717, 1.165) is 38.6 Å². The van der Waals surface area contributed by atoms with Gasteiger partial charge in [-0.05, 0) is 32.4 Å². The molecule has 0 rings (SSSR count). The summed E-state index contributed by atoms with van der Waals surface area (Å²) in [5.74, 6) is -0.747. The van der Waals surface area contributed by atoms with E-state index >= 15 is 0 Å². The molecule has 0 amide bonds. The molecule has 5 heteroatoms. The third-order valence-corrected chi connectivity index (χ3v) is 2.42. The molecular weight excluding hydrogens is 227 g/mol. The summed E-state index contributed by atoms with van der Waals surface area (Å²) in [7, 11) is 0. The zero-order valence-electron chi connectivity index (χ0n) is 9.67. The van der Waals surface area contributed by atoms with Gasteiger partial charge in [0.1, 0.15) is 6.04 Å². The van der Waals surface area contributed by atoms with Crippen LogP contribution in [0.1, 0.15) is 52.9 Å². The molecule has 0 aliphatic carbocycles. The second-order valence-corrected chi connectivity index (χ2v) is 3.84. The van der Waals surface area contributed by atoms with Gasteiger partial charge in [0, 0.05) is 0 Å². The van der Waals surface area contributed by atoms with Crippen molar-refractivity contribution in [3.63, 3.8) is 0 Å². The third-order valence-electron chi connectivity index (χ3n) is 2.42. The number of hydrogen-bond donors (Lipinski definition) is 3. The summed E-state index contributed by atoms with van der Waals surface area (Å²) in [6.45, 7) is 3.57. The average Bonchev–Trinajstić information content (AvgIpc) is 2.21. The van der Waals surface area contributed by atoms with Crippen LogP contribution in [-0.4, -0.2) is 59.8 Å². The third kappa shape index (κ3) is 14.3. The number of nitrogens with one attached hydrogen (secondary N) is 1. The Morgan fingerprint density at radius 3 is 2.41 bits per heavy atom. The summed E-state index contributed by atoms with van der Waals surface area (Å²) >= 11 is 0. The van der Waals surface area contributed by atoms with E-state index in [9.17, 15) is 4.79 Å². The second-order valence-electron chi connectivity index (χ2n) is 3.84. The molecule has 0 saturated carbocycles. The first-order chi connectivity index (χ1) is 7.22. The second kappa shape index (κ2) is 16.4. The van der Waals surface area contributed by atoms with Crippen LogP contribution in [0, 0.1) is 0 Å². The topological polar surface area (TPSA) is 75.3 Å². The summed E-state index contributed by atoms with van der Waals surface area (Å²) in [6.07, 6.45) is 5.83. The van der Waals surface area contributed by atoms with Crippen LogP contribution in [0.2, 0.25) is 0 Å². The van der Waals surface area contributed by atoms with Crippen molar-refractivity contribution in [2.45, 2.75) is 58.9 Å². The predicted molar refractivity (Wildman–Crippen MR) is 75.7 cm³/mol. The first kappa shape index (κ1) is 22.6. The van der Waals surface area contributed by atoms with Crippen LogP contribution in [0.5, 0.6) is 0 Å². The van der Waals surface area contributed by atoms with E-state index in [-0.39, 0.29) is 37.0 Å². The fourth-order valence-corrected chi connectivity index (χ4v) is 1.46. The number of carboxylic acids is 1. The minimum absolute atomic E-state index is 0. The fourth-order valence-electron chi connectivity index (χ4n) is 1.46. The zero-order valence-corrected chi connectivity index (χ0v) is 9.67. The van der Waals surface area contributed by atoms with Gasteiger partial charge in [-0.25, -0.2) is 0 Å². The average molecular weight is 256 g/mol. The molecule has 4 N–H and O–H groups in total. The van der Waals surface area contributed by atoms with Crippen LogP contribution in [0.3, 0.4) is 0 Å². The molecule has 1 unspecified atom stereocenters. The zero-order chi connectivity index (χ0) is 11.5. The van der Waals surface area contributed by atoms with E-state index in [4.69, 9.17) is 10.8 Å². The number of nitrogens with two attached hydrogens (primary N) is 1. The quantitative estimate of drug-likeness (QED) is 0.407. The van der Waals surface area contributed by atoms with Crippen LogP contribution in [0.25, 0.3) is 0 Å². The molecule has 4 nitrogen and oxygen atoms in total. The van der Waals surface area contributed by atoms with Gasteiger partial charge < -0.3 is 16.2 Å². The Morgan fingerprint density at radius 1 is 1.29 bits per heavy atom. The summed E-state index contributed by atoms with van der Waals surface area (Å²) in [5, 5.41) is 12.0. The normalized spacial score (nSPS) is 11.2. The van der Waals surface area contributed by atoms with Crippen LogP contribution in [-0.2, 0) is 4.79 Å². The number of aliphatic carboxylic acids is 1. The van der Waals surface area contributed by atoms with Gasteiger partial charge in [-0.2, -0.15) is 0 Å². The van der Waals surface area contributed by atoms with E-state index < -0.39 is 12.0 Å². The monoisotopic (exact) mass is 256 g/mol. The maximum atomic E-state index is 10.9. The van der Waals surface area contributed by atoms with Crippen molar-refractivity contribution >= 4 is 35.5 Å². The molecule has 0 aromatic carbocycles. The van der Waals surface area contributed by atoms with Gasteiger partial charge >= 0.3 is 35.5 Å². The van der Waals surface area contributed by atoms with Crippen LogP contribution in [0.4, 0.5) is 0 Å². The number of carbonyl (C=O) groups is 1. The van der Waals surface area contributed by atoms with Crippen LogP contribution < -0.4 is 11.1 Å².